The molecule has 0 aromatic carbocycles. The van der Waals surface area contributed by atoms with Crippen LogP contribution in [-0.2, 0) is 16.1 Å². The molecule has 0 radical (unpaired) electrons. The fourth-order valence-electron chi connectivity index (χ4n) is 1.64. The van der Waals surface area contributed by atoms with Crippen LogP contribution < -0.4 is 5.32 Å². The van der Waals surface area contributed by atoms with Gasteiger partial charge in [-0.1, -0.05) is 20.8 Å². The van der Waals surface area contributed by atoms with E-state index in [1.54, 1.807) is 6.26 Å². The zero-order valence-electron chi connectivity index (χ0n) is 11.2. The smallest absolute Gasteiger partial charge is 0.323 e. The predicted molar refractivity (Wildman–Crippen MR) is 65.5 cm³/mol. The molecule has 96 valence electrons. The lowest BCUT2D eigenvalue weighted by atomic mass is 9.86. The number of aryl methyl sites for hydroxylation is 1. The van der Waals surface area contributed by atoms with Gasteiger partial charge in [-0.2, -0.15) is 0 Å². The van der Waals surface area contributed by atoms with Gasteiger partial charge in [0.15, 0.2) is 0 Å². The van der Waals surface area contributed by atoms with Crippen LogP contribution in [0.3, 0.4) is 0 Å². The van der Waals surface area contributed by atoms with Crippen molar-refractivity contribution in [1.82, 2.24) is 5.32 Å². The van der Waals surface area contributed by atoms with Crippen LogP contribution >= 0.6 is 0 Å². The van der Waals surface area contributed by atoms with E-state index in [0.29, 0.717) is 6.54 Å². The third kappa shape index (κ3) is 3.60. The van der Waals surface area contributed by atoms with Crippen molar-refractivity contribution in [2.75, 3.05) is 7.11 Å². The van der Waals surface area contributed by atoms with Crippen LogP contribution in [0.25, 0.3) is 0 Å². The van der Waals surface area contributed by atoms with Gasteiger partial charge >= 0.3 is 5.97 Å². The van der Waals surface area contributed by atoms with Gasteiger partial charge in [-0.15, -0.1) is 0 Å². The molecule has 0 saturated carbocycles. The van der Waals surface area contributed by atoms with Crippen molar-refractivity contribution in [3.8, 4) is 0 Å². The first-order valence-corrected chi connectivity index (χ1v) is 5.70. The van der Waals surface area contributed by atoms with E-state index in [-0.39, 0.29) is 17.4 Å². The minimum Gasteiger partial charge on any atom is -0.468 e. The van der Waals surface area contributed by atoms with E-state index in [2.05, 4.69) is 5.32 Å². The Morgan fingerprint density at radius 1 is 1.53 bits per heavy atom. The average Bonchev–Trinajstić information content (AvgIpc) is 2.62. The number of hydrogen-bond acceptors (Lipinski definition) is 4. The van der Waals surface area contributed by atoms with E-state index in [1.165, 1.54) is 7.11 Å². The molecule has 0 aliphatic rings. The van der Waals surface area contributed by atoms with Crippen molar-refractivity contribution >= 4 is 5.97 Å². The van der Waals surface area contributed by atoms with Crippen molar-refractivity contribution in [2.45, 2.75) is 40.3 Å². The first kappa shape index (κ1) is 13.8. The fraction of sp³-hybridized carbons (Fsp3) is 0.615. The Kier molecular flexibility index (Phi) is 4.34. The quantitative estimate of drug-likeness (QED) is 0.819. The number of ether oxygens (including phenoxy) is 1. The van der Waals surface area contributed by atoms with E-state index in [9.17, 15) is 4.79 Å². The van der Waals surface area contributed by atoms with Gasteiger partial charge in [-0.05, 0) is 24.0 Å². The highest BCUT2D eigenvalue weighted by atomic mass is 16.5. The number of furan rings is 1. The number of carbonyl (C=O) groups is 1. The molecular weight excluding hydrogens is 218 g/mol. The van der Waals surface area contributed by atoms with E-state index < -0.39 is 0 Å². The lowest BCUT2D eigenvalue weighted by Gasteiger charge is -2.28. The van der Waals surface area contributed by atoms with Crippen LogP contribution in [0.5, 0.6) is 0 Å². The number of nitrogens with one attached hydrogen (secondary N) is 1. The molecule has 0 spiro atoms. The van der Waals surface area contributed by atoms with Gasteiger partial charge in [0.05, 0.1) is 19.9 Å². The molecule has 1 unspecified atom stereocenters. The van der Waals surface area contributed by atoms with Gasteiger partial charge in [0, 0.05) is 0 Å². The molecule has 0 aliphatic heterocycles. The maximum Gasteiger partial charge on any atom is 0.323 e. The number of rotatable bonds is 4. The second kappa shape index (κ2) is 5.36. The van der Waals surface area contributed by atoms with Crippen LogP contribution in [0.4, 0.5) is 0 Å². The van der Waals surface area contributed by atoms with E-state index in [4.69, 9.17) is 9.15 Å². The fourth-order valence-corrected chi connectivity index (χ4v) is 1.64. The molecule has 1 N–H and O–H groups in total. The first-order chi connectivity index (χ1) is 7.86. The molecular formula is C13H21NO3. The molecule has 0 aliphatic carbocycles. The second-order valence-electron chi connectivity index (χ2n) is 5.23. The summed E-state index contributed by atoms with van der Waals surface area (Å²) < 4.78 is 10.1. The highest BCUT2D eigenvalue weighted by Crippen LogP contribution is 2.21. The highest BCUT2D eigenvalue weighted by Gasteiger charge is 2.31. The number of esters is 1. The largest absolute Gasteiger partial charge is 0.468 e. The lowest BCUT2D eigenvalue weighted by Crippen LogP contribution is -2.46. The molecule has 1 aromatic heterocycles. The van der Waals surface area contributed by atoms with Gasteiger partial charge in [0.1, 0.15) is 11.8 Å². The Labute approximate surface area is 102 Å². The van der Waals surface area contributed by atoms with Crippen molar-refractivity contribution in [3.05, 3.63) is 23.7 Å². The molecule has 1 aromatic rings. The van der Waals surface area contributed by atoms with E-state index in [1.807, 2.05) is 33.8 Å². The summed E-state index contributed by atoms with van der Waals surface area (Å²) in [5.74, 6) is 0.602. The molecule has 0 amide bonds. The summed E-state index contributed by atoms with van der Waals surface area (Å²) in [6.07, 6.45) is 1.65. The van der Waals surface area contributed by atoms with Crippen molar-refractivity contribution in [1.29, 1.82) is 0 Å². The Morgan fingerprint density at radius 3 is 2.59 bits per heavy atom. The maximum atomic E-state index is 11.7. The van der Waals surface area contributed by atoms with Crippen molar-refractivity contribution < 1.29 is 13.9 Å². The number of hydrogen-bond donors (Lipinski definition) is 1. The summed E-state index contributed by atoms with van der Waals surface area (Å²) >= 11 is 0. The number of methoxy groups -OCH3 is 1. The van der Waals surface area contributed by atoms with E-state index >= 15 is 0 Å². The normalized spacial score (nSPS) is 13.5. The topological polar surface area (TPSA) is 51.5 Å². The lowest BCUT2D eigenvalue weighted by molar-refractivity contribution is -0.146. The molecule has 0 fully saturated rings. The van der Waals surface area contributed by atoms with Crippen LogP contribution in [0, 0.1) is 12.3 Å². The van der Waals surface area contributed by atoms with Gasteiger partial charge < -0.3 is 9.15 Å². The molecule has 1 rings (SSSR count). The first-order valence-electron chi connectivity index (χ1n) is 5.70. The third-order valence-electron chi connectivity index (χ3n) is 2.74. The van der Waals surface area contributed by atoms with E-state index in [0.717, 1.165) is 11.3 Å². The molecule has 4 nitrogen and oxygen atoms in total. The Morgan fingerprint density at radius 2 is 2.18 bits per heavy atom. The molecule has 1 heterocycles. The van der Waals surface area contributed by atoms with Gasteiger partial charge in [-0.3, -0.25) is 10.1 Å². The van der Waals surface area contributed by atoms with Crippen molar-refractivity contribution in [2.24, 2.45) is 5.41 Å². The zero-order chi connectivity index (χ0) is 13.1. The highest BCUT2D eigenvalue weighted by molar-refractivity contribution is 5.76. The summed E-state index contributed by atoms with van der Waals surface area (Å²) in [6, 6.07) is 1.55. The molecule has 17 heavy (non-hydrogen) atoms. The third-order valence-corrected chi connectivity index (χ3v) is 2.74. The summed E-state index contributed by atoms with van der Waals surface area (Å²) in [5, 5.41) is 3.19. The Hall–Kier alpha value is -1.29. The monoisotopic (exact) mass is 239 g/mol. The minimum absolute atomic E-state index is 0.201. The summed E-state index contributed by atoms with van der Waals surface area (Å²) in [7, 11) is 1.40. The molecule has 0 bridgehead atoms. The standard InChI is InChI=1S/C13H21NO3/c1-9-6-7-17-10(9)8-14-11(12(15)16-5)13(2,3)4/h6-7,11,14H,8H2,1-5H3. The van der Waals surface area contributed by atoms with Crippen LogP contribution in [0.15, 0.2) is 16.7 Å². The Balaban J connectivity index is 2.69. The van der Waals surface area contributed by atoms with Crippen LogP contribution in [0.1, 0.15) is 32.1 Å². The SMILES string of the molecule is COC(=O)C(NCc1occc1C)C(C)(C)C. The summed E-state index contributed by atoms with van der Waals surface area (Å²) in [5.41, 5.74) is 0.878. The van der Waals surface area contributed by atoms with Crippen molar-refractivity contribution in [3.63, 3.8) is 0 Å². The average molecular weight is 239 g/mol. The number of carbonyl (C=O) groups excluding carboxylic acids is 1. The summed E-state index contributed by atoms with van der Waals surface area (Å²) in [4.78, 5) is 11.7. The van der Waals surface area contributed by atoms with Gasteiger partial charge in [-0.25, -0.2) is 0 Å². The molecule has 0 saturated heterocycles. The zero-order valence-corrected chi connectivity index (χ0v) is 11.2. The van der Waals surface area contributed by atoms with Gasteiger partial charge in [0.25, 0.3) is 0 Å². The molecule has 1 atom stereocenters. The summed E-state index contributed by atoms with van der Waals surface area (Å²) in [6.45, 7) is 8.49. The van der Waals surface area contributed by atoms with Crippen LogP contribution in [-0.4, -0.2) is 19.1 Å². The van der Waals surface area contributed by atoms with Gasteiger partial charge in [0.2, 0.25) is 0 Å². The second-order valence-corrected chi connectivity index (χ2v) is 5.23. The minimum atomic E-state index is -0.350. The Bertz CT molecular complexity index is 376. The maximum absolute atomic E-state index is 11.7. The predicted octanol–water partition coefficient (Wildman–Crippen LogP) is 2.27. The van der Waals surface area contributed by atoms with Crippen LogP contribution in [0.2, 0.25) is 0 Å². The molecule has 4 heteroatoms.